The van der Waals surface area contributed by atoms with E-state index in [4.69, 9.17) is 23.2 Å². The van der Waals surface area contributed by atoms with E-state index in [-0.39, 0.29) is 0 Å². The van der Waals surface area contributed by atoms with Gasteiger partial charge < -0.3 is 9.88 Å². The molecule has 0 aliphatic rings. The molecule has 0 spiro atoms. The topological polar surface area (TPSA) is 29.9 Å². The lowest BCUT2D eigenvalue weighted by Gasteiger charge is -2.12. The van der Waals surface area contributed by atoms with Gasteiger partial charge in [0.25, 0.3) is 0 Å². The normalized spacial score (nSPS) is 11.1. The lowest BCUT2D eigenvalue weighted by Crippen LogP contribution is -2.07. The van der Waals surface area contributed by atoms with Crippen LogP contribution in [0.5, 0.6) is 0 Å². The molecule has 0 radical (unpaired) electrons. The van der Waals surface area contributed by atoms with Crippen molar-refractivity contribution in [3.63, 3.8) is 0 Å². The summed E-state index contributed by atoms with van der Waals surface area (Å²) in [6.45, 7) is 7.26. The van der Waals surface area contributed by atoms with Crippen molar-refractivity contribution >= 4 is 34.8 Å². The first-order valence-corrected chi connectivity index (χ1v) is 6.97. The number of nitrogens with one attached hydrogen (secondary N) is 1. The highest BCUT2D eigenvalue weighted by atomic mass is 35.5. The summed E-state index contributed by atoms with van der Waals surface area (Å²) in [5.74, 6) is 1.38. The van der Waals surface area contributed by atoms with Crippen LogP contribution in [0.3, 0.4) is 0 Å². The van der Waals surface area contributed by atoms with Gasteiger partial charge >= 0.3 is 0 Å². The molecular formula is C14H17Cl2N3. The second kappa shape index (κ2) is 5.85. The van der Waals surface area contributed by atoms with Crippen LogP contribution < -0.4 is 5.32 Å². The summed E-state index contributed by atoms with van der Waals surface area (Å²) < 4.78 is 2.11. The molecule has 0 unspecified atom stereocenters. The molecule has 2 rings (SSSR count). The molecule has 102 valence electrons. The van der Waals surface area contributed by atoms with Gasteiger partial charge in [0.1, 0.15) is 0 Å². The van der Waals surface area contributed by atoms with Crippen LogP contribution in [0, 0.1) is 12.8 Å². The Hall–Kier alpha value is -1.19. The van der Waals surface area contributed by atoms with E-state index < -0.39 is 0 Å². The van der Waals surface area contributed by atoms with Crippen molar-refractivity contribution in [1.82, 2.24) is 9.55 Å². The Bertz CT molecular complexity index is 576. The van der Waals surface area contributed by atoms with Gasteiger partial charge in [-0.25, -0.2) is 4.98 Å². The number of benzene rings is 1. The van der Waals surface area contributed by atoms with Crippen LogP contribution in [0.2, 0.25) is 10.0 Å². The van der Waals surface area contributed by atoms with E-state index in [2.05, 4.69) is 28.7 Å². The van der Waals surface area contributed by atoms with E-state index in [9.17, 15) is 0 Å². The molecule has 1 N–H and O–H groups in total. The van der Waals surface area contributed by atoms with E-state index in [1.807, 2.05) is 19.2 Å². The smallest absolute Gasteiger partial charge is 0.207 e. The van der Waals surface area contributed by atoms with Crippen LogP contribution in [0.1, 0.15) is 19.5 Å². The fourth-order valence-electron chi connectivity index (χ4n) is 1.88. The zero-order valence-electron chi connectivity index (χ0n) is 11.2. The first kappa shape index (κ1) is 14.2. The van der Waals surface area contributed by atoms with Crippen LogP contribution in [-0.2, 0) is 6.54 Å². The second-order valence-corrected chi connectivity index (χ2v) is 5.82. The molecule has 1 heterocycles. The van der Waals surface area contributed by atoms with Crippen molar-refractivity contribution in [3.8, 4) is 0 Å². The molecule has 5 heteroatoms. The first-order valence-electron chi connectivity index (χ1n) is 6.21. The van der Waals surface area contributed by atoms with Crippen LogP contribution in [0.25, 0.3) is 0 Å². The molecule has 0 amide bonds. The average Bonchev–Trinajstić information content (AvgIpc) is 2.63. The van der Waals surface area contributed by atoms with Gasteiger partial charge in [-0.05, 0) is 31.0 Å². The van der Waals surface area contributed by atoms with E-state index in [1.54, 1.807) is 12.1 Å². The minimum atomic E-state index is 0.533. The molecule has 0 bridgehead atoms. The van der Waals surface area contributed by atoms with Crippen molar-refractivity contribution in [2.45, 2.75) is 27.3 Å². The zero-order chi connectivity index (χ0) is 14.0. The summed E-state index contributed by atoms with van der Waals surface area (Å²) in [6.07, 6.45) is 2.04. The Morgan fingerprint density at radius 1 is 1.26 bits per heavy atom. The van der Waals surface area contributed by atoms with Crippen molar-refractivity contribution < 1.29 is 0 Å². The van der Waals surface area contributed by atoms with Gasteiger partial charge in [-0.15, -0.1) is 0 Å². The fraction of sp³-hybridized carbons (Fsp3) is 0.357. The number of aromatic nitrogens is 2. The maximum atomic E-state index is 6.01. The number of hydrogen-bond acceptors (Lipinski definition) is 2. The minimum absolute atomic E-state index is 0.533. The summed E-state index contributed by atoms with van der Waals surface area (Å²) in [5.41, 5.74) is 1.87. The Morgan fingerprint density at radius 3 is 2.63 bits per heavy atom. The molecular weight excluding hydrogens is 281 g/mol. The van der Waals surface area contributed by atoms with Gasteiger partial charge in [0.05, 0.1) is 15.7 Å². The minimum Gasteiger partial charge on any atom is -0.326 e. The van der Waals surface area contributed by atoms with Gasteiger partial charge in [0.15, 0.2) is 0 Å². The number of rotatable bonds is 4. The van der Waals surface area contributed by atoms with Crippen LogP contribution >= 0.6 is 23.2 Å². The average molecular weight is 298 g/mol. The van der Waals surface area contributed by atoms with Crippen LogP contribution in [-0.4, -0.2) is 9.55 Å². The molecule has 0 fully saturated rings. The zero-order valence-corrected chi connectivity index (χ0v) is 12.8. The van der Waals surface area contributed by atoms with Crippen molar-refractivity contribution in [2.24, 2.45) is 5.92 Å². The third-order valence-corrected chi connectivity index (χ3v) is 3.37. The first-order chi connectivity index (χ1) is 8.95. The molecule has 1 aromatic carbocycles. The third-order valence-electron chi connectivity index (χ3n) is 2.63. The highest BCUT2D eigenvalue weighted by Crippen LogP contribution is 2.27. The largest absolute Gasteiger partial charge is 0.326 e. The third kappa shape index (κ3) is 3.64. The Labute approximate surface area is 123 Å². The van der Waals surface area contributed by atoms with E-state index >= 15 is 0 Å². The molecule has 2 aromatic rings. The summed E-state index contributed by atoms with van der Waals surface area (Å²) in [4.78, 5) is 4.49. The van der Waals surface area contributed by atoms with Crippen LogP contribution in [0.15, 0.2) is 24.4 Å². The van der Waals surface area contributed by atoms with Crippen LogP contribution in [0.4, 0.5) is 11.6 Å². The summed E-state index contributed by atoms with van der Waals surface area (Å²) in [6, 6.07) is 5.46. The van der Waals surface area contributed by atoms with Gasteiger partial charge in [0.2, 0.25) is 5.95 Å². The lowest BCUT2D eigenvalue weighted by atomic mass is 10.2. The maximum absolute atomic E-state index is 6.01. The van der Waals surface area contributed by atoms with E-state index in [0.717, 1.165) is 23.9 Å². The Kier molecular flexibility index (Phi) is 4.38. The van der Waals surface area contributed by atoms with Gasteiger partial charge in [-0.1, -0.05) is 37.0 Å². The number of imidazole rings is 1. The van der Waals surface area contributed by atoms with Crippen molar-refractivity contribution in [1.29, 1.82) is 0 Å². The monoisotopic (exact) mass is 297 g/mol. The molecule has 3 nitrogen and oxygen atoms in total. The molecule has 0 saturated heterocycles. The highest BCUT2D eigenvalue weighted by Gasteiger charge is 2.08. The summed E-state index contributed by atoms with van der Waals surface area (Å²) >= 11 is 11.9. The molecule has 0 saturated carbocycles. The van der Waals surface area contributed by atoms with E-state index in [0.29, 0.717) is 16.0 Å². The predicted molar refractivity (Wildman–Crippen MR) is 81.5 cm³/mol. The lowest BCUT2D eigenvalue weighted by molar-refractivity contribution is 0.527. The highest BCUT2D eigenvalue weighted by molar-refractivity contribution is 6.42. The number of nitrogens with zero attached hydrogens (tertiary/aromatic N) is 2. The maximum Gasteiger partial charge on any atom is 0.207 e. The molecule has 19 heavy (non-hydrogen) atoms. The molecule has 1 aromatic heterocycles. The van der Waals surface area contributed by atoms with Gasteiger partial charge in [-0.3, -0.25) is 0 Å². The summed E-state index contributed by atoms with van der Waals surface area (Å²) in [7, 11) is 0. The Balaban J connectivity index is 2.24. The number of anilines is 2. The standard InChI is InChI=1S/C14H17Cl2N3/c1-9(2)7-19-8-10(3)17-14(19)18-11-4-5-12(15)13(16)6-11/h4-6,8-9H,7H2,1-3H3,(H,17,18). The van der Waals surface area contributed by atoms with Crippen molar-refractivity contribution in [3.05, 3.63) is 40.1 Å². The van der Waals surface area contributed by atoms with Gasteiger partial charge in [-0.2, -0.15) is 0 Å². The quantitative estimate of drug-likeness (QED) is 0.870. The number of hydrogen-bond donors (Lipinski definition) is 1. The SMILES string of the molecule is Cc1cn(CC(C)C)c(Nc2ccc(Cl)c(Cl)c2)n1. The molecule has 0 aliphatic heterocycles. The van der Waals surface area contributed by atoms with Gasteiger partial charge in [0, 0.05) is 18.4 Å². The number of aryl methyl sites for hydroxylation is 1. The summed E-state index contributed by atoms with van der Waals surface area (Å²) in [5, 5.41) is 4.36. The molecule has 0 atom stereocenters. The predicted octanol–water partition coefficient (Wildman–Crippen LogP) is 4.90. The van der Waals surface area contributed by atoms with E-state index in [1.165, 1.54) is 0 Å². The van der Waals surface area contributed by atoms with Crippen molar-refractivity contribution in [2.75, 3.05) is 5.32 Å². The number of halogens is 2. The Morgan fingerprint density at radius 2 is 2.00 bits per heavy atom. The molecule has 0 aliphatic carbocycles. The second-order valence-electron chi connectivity index (χ2n) is 5.01. The fourth-order valence-corrected chi connectivity index (χ4v) is 2.18.